The fraction of sp³-hybridized carbons (Fsp3) is 0.208. The Bertz CT molecular complexity index is 1130. The van der Waals surface area contributed by atoms with Gasteiger partial charge < -0.3 is 4.74 Å². The van der Waals surface area contributed by atoms with Gasteiger partial charge in [-0.1, -0.05) is 49.9 Å². The minimum Gasteiger partial charge on any atom is -0.458 e. The summed E-state index contributed by atoms with van der Waals surface area (Å²) in [5, 5.41) is 2.61. The summed E-state index contributed by atoms with van der Waals surface area (Å²) in [6, 6.07) is 10.1. The molecule has 0 aromatic heterocycles. The van der Waals surface area contributed by atoms with Crippen LogP contribution in [0.1, 0.15) is 30.9 Å². The van der Waals surface area contributed by atoms with E-state index in [9.17, 15) is 9.59 Å². The van der Waals surface area contributed by atoms with Gasteiger partial charge in [0.1, 0.15) is 12.2 Å². The molecule has 4 nitrogen and oxygen atoms in total. The molecule has 0 saturated heterocycles. The van der Waals surface area contributed by atoms with Crippen LogP contribution in [0.15, 0.2) is 71.1 Å². The van der Waals surface area contributed by atoms with E-state index in [1.165, 1.54) is 11.0 Å². The fourth-order valence-electron chi connectivity index (χ4n) is 3.84. The van der Waals surface area contributed by atoms with Crippen molar-refractivity contribution < 1.29 is 14.3 Å². The van der Waals surface area contributed by atoms with E-state index in [2.05, 4.69) is 37.2 Å². The highest BCUT2D eigenvalue weighted by atomic mass is 32.2. The number of esters is 1. The molecular formula is C24H21NO3S. The summed E-state index contributed by atoms with van der Waals surface area (Å²) in [5.41, 5.74) is 2.93. The summed E-state index contributed by atoms with van der Waals surface area (Å²) < 4.78 is 5.14. The molecule has 1 aliphatic carbocycles. The molecule has 2 aromatic rings. The number of hydrogen-bond acceptors (Lipinski definition) is 4. The van der Waals surface area contributed by atoms with Crippen LogP contribution in [-0.4, -0.2) is 29.4 Å². The van der Waals surface area contributed by atoms with Crippen molar-refractivity contribution in [1.82, 2.24) is 0 Å². The molecule has 0 fully saturated rings. The van der Waals surface area contributed by atoms with Crippen molar-refractivity contribution in [3.8, 4) is 0 Å². The number of rotatable bonds is 8. The zero-order valence-corrected chi connectivity index (χ0v) is 17.1. The van der Waals surface area contributed by atoms with E-state index >= 15 is 0 Å². The topological polar surface area (TPSA) is 55.7 Å². The summed E-state index contributed by atoms with van der Waals surface area (Å²) in [6.45, 7) is 9.64. The Labute approximate surface area is 174 Å². The zero-order valence-electron chi connectivity index (χ0n) is 16.2. The number of carbonyl (C=O) groups excluding carboxylic acids is 2. The summed E-state index contributed by atoms with van der Waals surface area (Å²) in [6.07, 6.45) is 5.42. The first-order valence-electron chi connectivity index (χ1n) is 9.60. The number of allylic oxidation sites excluding steroid dienone is 2. The van der Waals surface area contributed by atoms with Crippen molar-refractivity contribution in [3.63, 3.8) is 0 Å². The maximum absolute atomic E-state index is 12.5. The summed E-state index contributed by atoms with van der Waals surface area (Å²) in [7, 11) is 0. The molecule has 1 unspecified atom stereocenters. The molecule has 2 aromatic carbocycles. The van der Waals surface area contributed by atoms with Gasteiger partial charge in [0, 0.05) is 26.7 Å². The van der Waals surface area contributed by atoms with Gasteiger partial charge >= 0.3 is 5.97 Å². The van der Waals surface area contributed by atoms with Crippen LogP contribution in [0, 0.1) is 0 Å². The predicted octanol–water partition coefficient (Wildman–Crippen LogP) is 5.11. The van der Waals surface area contributed by atoms with Crippen molar-refractivity contribution in [2.75, 3.05) is 6.61 Å². The second-order valence-electron chi connectivity index (χ2n) is 6.91. The van der Waals surface area contributed by atoms with Gasteiger partial charge in [-0.15, -0.1) is 18.3 Å². The Balaban J connectivity index is 1.85. The minimum atomic E-state index is -0.653. The number of carbonyl (C=O) groups is 2. The van der Waals surface area contributed by atoms with E-state index in [0.717, 1.165) is 34.7 Å². The predicted molar refractivity (Wildman–Crippen MR) is 118 cm³/mol. The quantitative estimate of drug-likeness (QED) is 0.266. The Kier molecular flexibility index (Phi) is 5.24. The highest BCUT2D eigenvalue weighted by Gasteiger charge is 2.39. The Morgan fingerprint density at radius 1 is 1.21 bits per heavy atom. The molecule has 1 aliphatic heterocycles. The number of hydrogen-bond donors (Lipinski definition) is 0. The Hall–Kier alpha value is -2.92. The van der Waals surface area contributed by atoms with Gasteiger partial charge in [-0.25, -0.2) is 9.79 Å². The Morgan fingerprint density at radius 2 is 2.03 bits per heavy atom. The first-order chi connectivity index (χ1) is 14.1. The van der Waals surface area contributed by atoms with Crippen LogP contribution in [0.4, 0.5) is 0 Å². The first kappa shape index (κ1) is 19.4. The molecule has 29 heavy (non-hydrogen) atoms. The van der Waals surface area contributed by atoms with Crippen LogP contribution in [0.2, 0.25) is 0 Å². The van der Waals surface area contributed by atoms with E-state index in [1.807, 2.05) is 36.0 Å². The van der Waals surface area contributed by atoms with Gasteiger partial charge in [0.2, 0.25) is 0 Å². The number of fused-ring (bicyclic) bond motifs is 3. The molecule has 0 radical (unpaired) electrons. The SMILES string of the molecule is C=CCOC(=O)C1=C2C(=NC1=O)c1cccc3c(SC(CC)CC=C)ccc2c13. The molecule has 2 aliphatic rings. The van der Waals surface area contributed by atoms with Crippen molar-refractivity contribution in [3.05, 3.63) is 72.3 Å². The van der Waals surface area contributed by atoms with Crippen molar-refractivity contribution in [2.24, 2.45) is 4.99 Å². The summed E-state index contributed by atoms with van der Waals surface area (Å²) in [5.74, 6) is -1.19. The van der Waals surface area contributed by atoms with Crippen LogP contribution in [0.5, 0.6) is 0 Å². The third-order valence-electron chi connectivity index (χ3n) is 5.15. The normalized spacial score (nSPS) is 15.3. The average molecular weight is 404 g/mol. The average Bonchev–Trinajstić information content (AvgIpc) is 3.22. The van der Waals surface area contributed by atoms with Gasteiger partial charge in [-0.2, -0.15) is 0 Å². The van der Waals surface area contributed by atoms with E-state index in [0.29, 0.717) is 16.5 Å². The maximum atomic E-state index is 12.5. The number of thioether (sulfide) groups is 1. The summed E-state index contributed by atoms with van der Waals surface area (Å²) in [4.78, 5) is 30.4. The van der Waals surface area contributed by atoms with Gasteiger partial charge in [0.15, 0.2) is 0 Å². The van der Waals surface area contributed by atoms with Crippen LogP contribution in [0.3, 0.4) is 0 Å². The smallest absolute Gasteiger partial charge is 0.344 e. The summed E-state index contributed by atoms with van der Waals surface area (Å²) >= 11 is 1.84. The van der Waals surface area contributed by atoms with Gasteiger partial charge in [0.25, 0.3) is 5.91 Å². The number of ether oxygens (including phenoxy) is 1. The van der Waals surface area contributed by atoms with E-state index < -0.39 is 11.9 Å². The fourth-order valence-corrected chi connectivity index (χ4v) is 5.05. The largest absolute Gasteiger partial charge is 0.458 e. The maximum Gasteiger partial charge on any atom is 0.344 e. The number of amides is 1. The Morgan fingerprint density at radius 3 is 2.76 bits per heavy atom. The minimum absolute atomic E-state index is 0.0119. The molecule has 0 saturated carbocycles. The number of benzene rings is 2. The van der Waals surface area contributed by atoms with Crippen molar-refractivity contribution >= 4 is 45.7 Å². The van der Waals surface area contributed by atoms with Crippen LogP contribution < -0.4 is 0 Å². The third kappa shape index (κ3) is 3.15. The van der Waals surface area contributed by atoms with Gasteiger partial charge in [-0.3, -0.25) is 4.79 Å². The molecule has 0 N–H and O–H groups in total. The van der Waals surface area contributed by atoms with Crippen LogP contribution in [-0.2, 0) is 14.3 Å². The lowest BCUT2D eigenvalue weighted by molar-refractivity contribution is -0.139. The molecule has 4 rings (SSSR count). The molecule has 1 amide bonds. The standard InChI is InChI=1S/C24H21NO3S/c1-4-8-14(6-3)29-18-12-11-16-19-15(18)9-7-10-17(19)22-20(16)21(23(26)25-22)24(27)28-13-5-2/h4-5,7,9-12,14H,1-2,6,8,13H2,3H3. The van der Waals surface area contributed by atoms with Crippen molar-refractivity contribution in [1.29, 1.82) is 0 Å². The second kappa shape index (κ2) is 7.84. The lowest BCUT2D eigenvalue weighted by Crippen LogP contribution is -2.14. The van der Waals surface area contributed by atoms with Gasteiger partial charge in [0.05, 0.1) is 5.71 Å². The van der Waals surface area contributed by atoms with E-state index in [4.69, 9.17) is 4.74 Å². The van der Waals surface area contributed by atoms with E-state index in [-0.39, 0.29) is 12.2 Å². The van der Waals surface area contributed by atoms with Crippen LogP contribution in [0.25, 0.3) is 16.3 Å². The lowest BCUT2D eigenvalue weighted by Gasteiger charge is -2.15. The highest BCUT2D eigenvalue weighted by molar-refractivity contribution is 8.00. The molecule has 1 heterocycles. The second-order valence-corrected chi connectivity index (χ2v) is 8.26. The molecule has 0 bridgehead atoms. The number of aliphatic imine (C=N–C) groups is 1. The number of nitrogens with zero attached hydrogens (tertiary/aromatic N) is 1. The molecule has 5 heteroatoms. The third-order valence-corrected chi connectivity index (χ3v) is 6.62. The van der Waals surface area contributed by atoms with Crippen molar-refractivity contribution in [2.45, 2.75) is 29.9 Å². The van der Waals surface area contributed by atoms with E-state index in [1.54, 1.807) is 0 Å². The molecular weight excluding hydrogens is 382 g/mol. The first-order valence-corrected chi connectivity index (χ1v) is 10.5. The lowest BCUT2D eigenvalue weighted by atomic mass is 10.0. The zero-order chi connectivity index (χ0) is 20.5. The molecule has 1 atom stereocenters. The van der Waals surface area contributed by atoms with Crippen LogP contribution >= 0.6 is 11.8 Å². The highest BCUT2D eigenvalue weighted by Crippen LogP contribution is 2.46. The molecule has 0 spiro atoms. The van der Waals surface area contributed by atoms with Gasteiger partial charge in [-0.05, 0) is 29.9 Å². The monoisotopic (exact) mass is 403 g/mol. The molecule has 146 valence electrons.